The Balaban J connectivity index is 2.10. The van der Waals surface area contributed by atoms with Crippen molar-refractivity contribution >= 4 is 5.71 Å². The molecule has 0 saturated heterocycles. The van der Waals surface area contributed by atoms with Gasteiger partial charge < -0.3 is 5.41 Å². The third-order valence-corrected chi connectivity index (χ3v) is 3.32. The summed E-state index contributed by atoms with van der Waals surface area (Å²) in [5.74, 6) is 1.18. The molecule has 1 heteroatoms. The summed E-state index contributed by atoms with van der Waals surface area (Å²) in [5, 5.41) is 7.78. The van der Waals surface area contributed by atoms with Gasteiger partial charge in [0.05, 0.1) is 0 Å². The monoisotopic (exact) mass is 219 g/mol. The van der Waals surface area contributed by atoms with Gasteiger partial charge in [0.25, 0.3) is 0 Å². The maximum atomic E-state index is 7.78. The van der Waals surface area contributed by atoms with Crippen molar-refractivity contribution in [2.24, 2.45) is 11.8 Å². The first kappa shape index (κ1) is 13.2. The lowest BCUT2D eigenvalue weighted by atomic mass is 9.90. The summed E-state index contributed by atoms with van der Waals surface area (Å²) in [6, 6.07) is 0. The summed E-state index contributed by atoms with van der Waals surface area (Å²) in [4.78, 5) is 0. The molecule has 1 rings (SSSR count). The summed E-state index contributed by atoms with van der Waals surface area (Å²) in [7, 11) is 0. The molecule has 90 valence electrons. The van der Waals surface area contributed by atoms with E-state index in [0.29, 0.717) is 5.92 Å². The number of nitrogens with one attached hydrogen (secondary N) is 1. The molecule has 0 aromatic heterocycles. The van der Waals surface area contributed by atoms with E-state index in [0.717, 1.165) is 18.1 Å². The first-order valence-electron chi connectivity index (χ1n) is 6.51. The molecule has 1 unspecified atom stereocenters. The van der Waals surface area contributed by atoms with E-state index in [1.807, 2.05) is 0 Å². The van der Waals surface area contributed by atoms with Gasteiger partial charge in [0, 0.05) is 5.71 Å². The van der Waals surface area contributed by atoms with E-state index in [1.54, 1.807) is 0 Å². The molecule has 0 amide bonds. The van der Waals surface area contributed by atoms with Crippen molar-refractivity contribution in [1.82, 2.24) is 0 Å². The second kappa shape index (κ2) is 6.67. The lowest BCUT2D eigenvalue weighted by Gasteiger charge is -2.16. The van der Waals surface area contributed by atoms with Crippen LogP contribution >= 0.6 is 0 Å². The Bertz CT molecular complexity index is 284. The van der Waals surface area contributed by atoms with Gasteiger partial charge in [-0.15, -0.1) is 0 Å². The van der Waals surface area contributed by atoms with E-state index in [4.69, 9.17) is 5.41 Å². The van der Waals surface area contributed by atoms with Crippen LogP contribution in [0.5, 0.6) is 0 Å². The van der Waals surface area contributed by atoms with Crippen LogP contribution in [0.2, 0.25) is 0 Å². The Morgan fingerprint density at radius 3 is 2.81 bits per heavy atom. The molecular formula is C15H25N. The maximum Gasteiger partial charge on any atom is 0.0114 e. The largest absolute Gasteiger partial charge is 0.309 e. The summed E-state index contributed by atoms with van der Waals surface area (Å²) < 4.78 is 0. The average Bonchev–Trinajstić information content (AvgIpc) is 2.24. The highest BCUT2D eigenvalue weighted by Crippen LogP contribution is 2.23. The first-order valence-corrected chi connectivity index (χ1v) is 6.51. The molecule has 16 heavy (non-hydrogen) atoms. The van der Waals surface area contributed by atoms with Gasteiger partial charge in [-0.2, -0.15) is 0 Å². The molecule has 0 bridgehead atoms. The van der Waals surface area contributed by atoms with Crippen LogP contribution in [0, 0.1) is 17.2 Å². The van der Waals surface area contributed by atoms with Crippen LogP contribution in [0.25, 0.3) is 0 Å². The predicted molar refractivity (Wildman–Crippen MR) is 72.0 cm³/mol. The van der Waals surface area contributed by atoms with Gasteiger partial charge in [-0.1, -0.05) is 44.1 Å². The van der Waals surface area contributed by atoms with Crippen LogP contribution in [-0.4, -0.2) is 5.71 Å². The quantitative estimate of drug-likeness (QED) is 0.492. The maximum absolute atomic E-state index is 7.78. The van der Waals surface area contributed by atoms with Crippen LogP contribution in [0.15, 0.2) is 23.8 Å². The fourth-order valence-corrected chi connectivity index (χ4v) is 2.14. The molecule has 1 nitrogen and oxygen atoms in total. The second-order valence-electron chi connectivity index (χ2n) is 5.29. The van der Waals surface area contributed by atoms with Crippen molar-refractivity contribution in [3.8, 4) is 0 Å². The molecule has 0 radical (unpaired) electrons. The number of hydrogen-bond donors (Lipinski definition) is 1. The number of rotatable bonds is 6. The lowest BCUT2D eigenvalue weighted by molar-refractivity contribution is 0.538. The highest BCUT2D eigenvalue weighted by Gasteiger charge is 2.09. The van der Waals surface area contributed by atoms with Gasteiger partial charge in [0.15, 0.2) is 0 Å². The Kier molecular flexibility index (Phi) is 5.51. The van der Waals surface area contributed by atoms with Crippen LogP contribution < -0.4 is 0 Å². The molecule has 0 saturated carbocycles. The van der Waals surface area contributed by atoms with Gasteiger partial charge >= 0.3 is 0 Å². The van der Waals surface area contributed by atoms with Crippen LogP contribution in [0.3, 0.4) is 0 Å². The molecule has 0 spiro atoms. The highest BCUT2D eigenvalue weighted by molar-refractivity contribution is 5.82. The summed E-state index contributed by atoms with van der Waals surface area (Å²) >= 11 is 0. The Hall–Kier alpha value is -0.850. The van der Waals surface area contributed by atoms with Crippen molar-refractivity contribution in [1.29, 1.82) is 5.41 Å². The average molecular weight is 219 g/mol. The fourth-order valence-electron chi connectivity index (χ4n) is 2.14. The molecule has 0 aromatic carbocycles. The molecule has 1 aliphatic rings. The van der Waals surface area contributed by atoms with Crippen LogP contribution in [0.1, 0.15) is 52.9 Å². The Morgan fingerprint density at radius 1 is 1.44 bits per heavy atom. The molecule has 1 N–H and O–H groups in total. The smallest absolute Gasteiger partial charge is 0.0114 e. The molecule has 0 heterocycles. The van der Waals surface area contributed by atoms with E-state index in [9.17, 15) is 0 Å². The highest BCUT2D eigenvalue weighted by atomic mass is 14.4. The van der Waals surface area contributed by atoms with Crippen molar-refractivity contribution in [3.63, 3.8) is 0 Å². The van der Waals surface area contributed by atoms with Crippen molar-refractivity contribution in [2.75, 3.05) is 0 Å². The summed E-state index contributed by atoms with van der Waals surface area (Å²) in [6.45, 7) is 6.44. The lowest BCUT2D eigenvalue weighted by Crippen LogP contribution is -2.06. The van der Waals surface area contributed by atoms with Gasteiger partial charge in [-0.05, 0) is 44.4 Å². The van der Waals surface area contributed by atoms with Crippen molar-refractivity contribution in [2.45, 2.75) is 52.9 Å². The van der Waals surface area contributed by atoms with E-state index < -0.39 is 0 Å². The molecule has 0 aromatic rings. The molecule has 1 atom stereocenters. The van der Waals surface area contributed by atoms with Gasteiger partial charge in [-0.3, -0.25) is 0 Å². The van der Waals surface area contributed by atoms with Gasteiger partial charge in [-0.25, -0.2) is 0 Å². The summed E-state index contributed by atoms with van der Waals surface area (Å²) in [5.41, 5.74) is 2.41. The number of unbranched alkanes of at least 4 members (excludes halogenated alkanes) is 1. The predicted octanol–water partition coefficient (Wildman–Crippen LogP) is 4.74. The van der Waals surface area contributed by atoms with Crippen LogP contribution in [0.4, 0.5) is 0 Å². The zero-order valence-electron chi connectivity index (χ0n) is 10.9. The van der Waals surface area contributed by atoms with Crippen molar-refractivity contribution in [3.05, 3.63) is 23.8 Å². The SMILES string of the molecule is CC1=CC=CC(CCCCC(=N)C(C)C)C1. The third-order valence-electron chi connectivity index (χ3n) is 3.32. The van der Waals surface area contributed by atoms with Crippen molar-refractivity contribution < 1.29 is 0 Å². The third kappa shape index (κ3) is 4.78. The molecule has 1 aliphatic carbocycles. The van der Waals surface area contributed by atoms with E-state index in [1.165, 1.54) is 31.3 Å². The zero-order valence-corrected chi connectivity index (χ0v) is 10.9. The minimum absolute atomic E-state index is 0.430. The normalized spacial score (nSPS) is 20.0. The second-order valence-corrected chi connectivity index (χ2v) is 5.29. The van der Waals surface area contributed by atoms with E-state index >= 15 is 0 Å². The number of hydrogen-bond acceptors (Lipinski definition) is 1. The summed E-state index contributed by atoms with van der Waals surface area (Å²) in [6.07, 6.45) is 12.7. The Labute approximate surface area is 100 Å². The Morgan fingerprint density at radius 2 is 2.19 bits per heavy atom. The zero-order chi connectivity index (χ0) is 12.0. The standard InChI is InChI=1S/C15H25N/c1-12(2)15(16)10-5-4-8-14-9-6-7-13(3)11-14/h6-7,9,12,14,16H,4-5,8,10-11H2,1-3H3. The van der Waals surface area contributed by atoms with E-state index in [2.05, 4.69) is 39.0 Å². The molecule has 0 aliphatic heterocycles. The molecular weight excluding hydrogens is 194 g/mol. The van der Waals surface area contributed by atoms with E-state index in [-0.39, 0.29) is 0 Å². The number of allylic oxidation sites excluding steroid dienone is 4. The molecule has 0 fully saturated rings. The van der Waals surface area contributed by atoms with Gasteiger partial charge in [0.1, 0.15) is 0 Å². The fraction of sp³-hybridized carbons (Fsp3) is 0.667. The minimum atomic E-state index is 0.430. The topological polar surface area (TPSA) is 23.9 Å². The van der Waals surface area contributed by atoms with Gasteiger partial charge in [0.2, 0.25) is 0 Å². The minimum Gasteiger partial charge on any atom is -0.309 e. The van der Waals surface area contributed by atoms with Crippen LogP contribution in [-0.2, 0) is 0 Å². The first-order chi connectivity index (χ1) is 7.59.